The number of rotatable bonds is 4. The second kappa shape index (κ2) is 6.15. The Morgan fingerprint density at radius 2 is 2.05 bits per heavy atom. The highest BCUT2D eigenvalue weighted by Crippen LogP contribution is 2.30. The lowest BCUT2D eigenvalue weighted by Crippen LogP contribution is -2.15. The van der Waals surface area contributed by atoms with Gasteiger partial charge in [-0.3, -0.25) is 0 Å². The molecule has 5 heteroatoms. The number of carbonyl (C=O) groups is 1. The fourth-order valence-corrected chi connectivity index (χ4v) is 1.94. The number of methoxy groups -OCH3 is 1. The highest BCUT2D eigenvalue weighted by atomic mass is 35.5. The van der Waals surface area contributed by atoms with Gasteiger partial charge in [0.1, 0.15) is 0 Å². The highest BCUT2D eigenvalue weighted by molar-refractivity contribution is 6.34. The van der Waals surface area contributed by atoms with Crippen LogP contribution < -0.4 is 11.1 Å². The Balaban J connectivity index is 2.95. The Kier molecular flexibility index (Phi) is 5.06. The molecule has 0 saturated carbocycles. The molecule has 0 aliphatic heterocycles. The summed E-state index contributed by atoms with van der Waals surface area (Å²) < 4.78 is 4.74. The average molecular weight is 285 g/mol. The summed E-state index contributed by atoms with van der Waals surface area (Å²) in [5.74, 6) is -0.451. The lowest BCUT2D eigenvalue weighted by Gasteiger charge is -2.20. The molecule has 0 aliphatic rings. The largest absolute Gasteiger partial charge is 0.465 e. The molecular formula is C14H21ClN2O2. The fourth-order valence-electron chi connectivity index (χ4n) is 1.64. The predicted octanol–water partition coefficient (Wildman–Crippen LogP) is 3.56. The van der Waals surface area contributed by atoms with Crippen molar-refractivity contribution < 1.29 is 9.53 Å². The molecule has 0 spiro atoms. The van der Waals surface area contributed by atoms with Crippen molar-refractivity contribution in [1.29, 1.82) is 0 Å². The molecule has 0 radical (unpaired) electrons. The minimum absolute atomic E-state index is 0.207. The maximum Gasteiger partial charge on any atom is 0.340 e. The van der Waals surface area contributed by atoms with Crippen molar-refractivity contribution in [3.8, 4) is 0 Å². The zero-order valence-corrected chi connectivity index (χ0v) is 12.6. The number of ether oxygens (including phenoxy) is 1. The molecule has 0 amide bonds. The molecular weight excluding hydrogens is 264 g/mol. The summed E-state index contributed by atoms with van der Waals surface area (Å²) in [7, 11) is 1.33. The number of esters is 1. The first kappa shape index (κ1) is 15.6. The minimum atomic E-state index is -0.451. The second-order valence-corrected chi connectivity index (χ2v) is 6.06. The van der Waals surface area contributed by atoms with E-state index in [2.05, 4.69) is 26.1 Å². The number of hydrogen-bond donors (Lipinski definition) is 2. The van der Waals surface area contributed by atoms with Crippen molar-refractivity contribution in [2.24, 2.45) is 5.41 Å². The lowest BCUT2D eigenvalue weighted by atomic mass is 9.92. The molecule has 1 rings (SSSR count). The molecule has 4 nitrogen and oxygen atoms in total. The van der Waals surface area contributed by atoms with E-state index in [9.17, 15) is 4.79 Å². The molecule has 0 atom stereocenters. The van der Waals surface area contributed by atoms with Gasteiger partial charge < -0.3 is 15.8 Å². The van der Waals surface area contributed by atoms with Crippen molar-refractivity contribution >= 4 is 28.9 Å². The summed E-state index contributed by atoms with van der Waals surface area (Å²) in [6, 6.07) is 3.19. The van der Waals surface area contributed by atoms with Gasteiger partial charge >= 0.3 is 5.97 Å². The zero-order chi connectivity index (χ0) is 14.6. The van der Waals surface area contributed by atoms with E-state index in [-0.39, 0.29) is 5.41 Å². The second-order valence-electron chi connectivity index (χ2n) is 5.65. The van der Waals surface area contributed by atoms with Crippen molar-refractivity contribution in [3.63, 3.8) is 0 Å². The van der Waals surface area contributed by atoms with Gasteiger partial charge in [-0.25, -0.2) is 4.79 Å². The lowest BCUT2D eigenvalue weighted by molar-refractivity contribution is 0.0602. The van der Waals surface area contributed by atoms with Gasteiger partial charge in [-0.1, -0.05) is 32.4 Å². The van der Waals surface area contributed by atoms with Crippen LogP contribution in [0.1, 0.15) is 37.6 Å². The molecule has 0 fully saturated rings. The van der Waals surface area contributed by atoms with Crippen LogP contribution in [0.5, 0.6) is 0 Å². The number of halogens is 1. The number of nitrogens with one attached hydrogen (secondary N) is 1. The average Bonchev–Trinajstić information content (AvgIpc) is 2.28. The Morgan fingerprint density at radius 1 is 1.42 bits per heavy atom. The molecule has 1 aromatic rings. The molecule has 19 heavy (non-hydrogen) atoms. The Hall–Kier alpha value is -1.42. The van der Waals surface area contributed by atoms with Gasteiger partial charge in [0.25, 0.3) is 0 Å². The van der Waals surface area contributed by atoms with E-state index < -0.39 is 5.97 Å². The Morgan fingerprint density at radius 3 is 2.58 bits per heavy atom. The number of benzene rings is 1. The molecule has 3 N–H and O–H groups in total. The van der Waals surface area contributed by atoms with Crippen molar-refractivity contribution in [2.75, 3.05) is 24.7 Å². The monoisotopic (exact) mass is 284 g/mol. The van der Waals surface area contributed by atoms with Crippen LogP contribution in [-0.2, 0) is 4.74 Å². The molecule has 0 unspecified atom stereocenters. The van der Waals surface area contributed by atoms with Crippen LogP contribution in [-0.4, -0.2) is 19.6 Å². The summed E-state index contributed by atoms with van der Waals surface area (Å²) >= 11 is 6.14. The number of anilines is 2. The van der Waals surface area contributed by atoms with Crippen molar-refractivity contribution in [2.45, 2.75) is 27.2 Å². The Labute approximate surface area is 119 Å². The van der Waals surface area contributed by atoms with E-state index in [4.69, 9.17) is 22.1 Å². The molecule has 0 saturated heterocycles. The number of hydrogen-bond acceptors (Lipinski definition) is 4. The summed E-state index contributed by atoms with van der Waals surface area (Å²) in [6.45, 7) is 7.18. The van der Waals surface area contributed by atoms with Crippen LogP contribution in [0.4, 0.5) is 11.4 Å². The van der Waals surface area contributed by atoms with Crippen LogP contribution >= 0.6 is 11.6 Å². The van der Waals surface area contributed by atoms with Gasteiger partial charge in [0.2, 0.25) is 0 Å². The van der Waals surface area contributed by atoms with Crippen LogP contribution in [0.25, 0.3) is 0 Å². The maximum atomic E-state index is 11.7. The van der Waals surface area contributed by atoms with Gasteiger partial charge in [-0.15, -0.1) is 0 Å². The van der Waals surface area contributed by atoms with Gasteiger partial charge in [-0.2, -0.15) is 0 Å². The summed E-state index contributed by atoms with van der Waals surface area (Å²) in [5.41, 5.74) is 7.28. The standard InChI is InChI=1S/C14H21ClN2O2/c1-14(2,3)5-6-17-12-10(13(18)19-4)7-9(16)8-11(12)15/h7-8,17H,5-6,16H2,1-4H3. The maximum absolute atomic E-state index is 11.7. The van der Waals surface area contributed by atoms with Gasteiger partial charge in [0, 0.05) is 12.2 Å². The summed E-state index contributed by atoms with van der Waals surface area (Å²) in [4.78, 5) is 11.7. The van der Waals surface area contributed by atoms with E-state index >= 15 is 0 Å². The molecule has 0 aromatic heterocycles. The molecule has 1 aromatic carbocycles. The third kappa shape index (κ3) is 4.63. The summed E-state index contributed by atoms with van der Waals surface area (Å²) in [5, 5.41) is 3.62. The predicted molar refractivity (Wildman–Crippen MR) is 79.8 cm³/mol. The van der Waals surface area contributed by atoms with Crippen LogP contribution in [0.2, 0.25) is 5.02 Å². The minimum Gasteiger partial charge on any atom is -0.465 e. The highest BCUT2D eigenvalue weighted by Gasteiger charge is 2.17. The van der Waals surface area contributed by atoms with Crippen molar-refractivity contribution in [1.82, 2.24) is 0 Å². The number of nitrogens with two attached hydrogens (primary N) is 1. The smallest absolute Gasteiger partial charge is 0.340 e. The first-order valence-electron chi connectivity index (χ1n) is 6.16. The molecule has 0 bridgehead atoms. The topological polar surface area (TPSA) is 64.3 Å². The number of carbonyl (C=O) groups excluding carboxylic acids is 1. The molecule has 0 aliphatic carbocycles. The van der Waals surface area contributed by atoms with Gasteiger partial charge in [-0.05, 0) is 24.0 Å². The first-order valence-corrected chi connectivity index (χ1v) is 6.53. The van der Waals surface area contributed by atoms with E-state index in [1.807, 2.05) is 0 Å². The third-order valence-electron chi connectivity index (χ3n) is 2.69. The molecule has 0 heterocycles. The van der Waals surface area contributed by atoms with E-state index in [0.717, 1.165) is 13.0 Å². The van der Waals surface area contributed by atoms with Crippen LogP contribution in [0.15, 0.2) is 12.1 Å². The third-order valence-corrected chi connectivity index (χ3v) is 2.99. The van der Waals surface area contributed by atoms with Crippen molar-refractivity contribution in [3.05, 3.63) is 22.7 Å². The number of nitrogen functional groups attached to an aromatic ring is 1. The summed E-state index contributed by atoms with van der Waals surface area (Å²) in [6.07, 6.45) is 0.953. The van der Waals surface area contributed by atoms with Gasteiger partial charge in [0.05, 0.1) is 23.4 Å². The van der Waals surface area contributed by atoms with Gasteiger partial charge in [0.15, 0.2) is 0 Å². The normalized spacial score (nSPS) is 11.2. The zero-order valence-electron chi connectivity index (χ0n) is 11.8. The van der Waals surface area contributed by atoms with Crippen LogP contribution in [0.3, 0.4) is 0 Å². The quantitative estimate of drug-likeness (QED) is 0.655. The van der Waals surface area contributed by atoms with E-state index in [0.29, 0.717) is 22.0 Å². The first-order chi connectivity index (χ1) is 8.74. The van der Waals surface area contributed by atoms with E-state index in [1.54, 1.807) is 12.1 Å². The fraction of sp³-hybridized carbons (Fsp3) is 0.500. The van der Waals surface area contributed by atoms with E-state index in [1.165, 1.54) is 7.11 Å². The SMILES string of the molecule is COC(=O)c1cc(N)cc(Cl)c1NCCC(C)(C)C. The molecule has 106 valence electrons. The van der Waals surface area contributed by atoms with Crippen LogP contribution in [0, 0.1) is 5.41 Å². The Bertz CT molecular complexity index is 467.